The lowest BCUT2D eigenvalue weighted by molar-refractivity contribution is 0.122. The van der Waals surface area contributed by atoms with Crippen LogP contribution in [0.2, 0.25) is 0 Å². The summed E-state index contributed by atoms with van der Waals surface area (Å²) in [4.78, 5) is 11.6. The molecule has 1 fully saturated rings. The Morgan fingerprint density at radius 2 is 2.00 bits per heavy atom. The predicted octanol–water partition coefficient (Wildman–Crippen LogP) is 3.72. The zero-order valence-electron chi connectivity index (χ0n) is 14.0. The molecule has 0 aliphatic carbocycles. The van der Waals surface area contributed by atoms with E-state index in [9.17, 15) is 0 Å². The number of methoxy groups -OCH3 is 1. The van der Waals surface area contributed by atoms with Crippen molar-refractivity contribution >= 4 is 17.2 Å². The average Bonchev–Trinajstić information content (AvgIpc) is 3.19. The molecule has 5 nitrogen and oxygen atoms in total. The molecular weight excluding hydrogens is 334 g/mol. The maximum atomic E-state index is 5.45. The van der Waals surface area contributed by atoms with Gasteiger partial charge in [0.25, 0.3) is 0 Å². The molecule has 25 heavy (non-hydrogen) atoms. The molecule has 1 saturated heterocycles. The number of rotatable bonds is 4. The third kappa shape index (κ3) is 3.36. The van der Waals surface area contributed by atoms with Crippen LogP contribution in [0.1, 0.15) is 0 Å². The first kappa shape index (κ1) is 16.1. The number of morpholine rings is 1. The van der Waals surface area contributed by atoms with Crippen LogP contribution in [-0.4, -0.2) is 43.4 Å². The Balaban J connectivity index is 1.64. The van der Waals surface area contributed by atoms with Crippen molar-refractivity contribution in [2.75, 3.05) is 38.3 Å². The SMILES string of the molecule is COc1ccccc1-c1csc(-c2ccnc(N3CCOCC3)c2)n1. The number of para-hydroxylation sites is 1. The van der Waals surface area contributed by atoms with E-state index in [-0.39, 0.29) is 0 Å². The molecule has 6 heteroatoms. The maximum absolute atomic E-state index is 5.45. The number of thiazole rings is 1. The highest BCUT2D eigenvalue weighted by atomic mass is 32.1. The molecule has 0 bridgehead atoms. The van der Waals surface area contributed by atoms with Gasteiger partial charge in [0.15, 0.2) is 0 Å². The van der Waals surface area contributed by atoms with Gasteiger partial charge in [-0.1, -0.05) is 12.1 Å². The fraction of sp³-hybridized carbons (Fsp3) is 0.263. The van der Waals surface area contributed by atoms with Crippen LogP contribution in [0.25, 0.3) is 21.8 Å². The number of anilines is 1. The normalized spacial score (nSPS) is 14.5. The van der Waals surface area contributed by atoms with Gasteiger partial charge in [0.2, 0.25) is 0 Å². The minimum absolute atomic E-state index is 0.751. The van der Waals surface area contributed by atoms with Crippen LogP contribution in [0.4, 0.5) is 5.82 Å². The Morgan fingerprint density at radius 3 is 2.84 bits per heavy atom. The second-order valence-electron chi connectivity index (χ2n) is 5.74. The van der Waals surface area contributed by atoms with Crippen molar-refractivity contribution in [2.45, 2.75) is 0 Å². The third-order valence-corrected chi connectivity index (χ3v) is 5.11. The van der Waals surface area contributed by atoms with E-state index in [0.29, 0.717) is 0 Å². The second kappa shape index (κ2) is 7.21. The van der Waals surface area contributed by atoms with Crippen molar-refractivity contribution in [3.8, 4) is 27.6 Å². The lowest BCUT2D eigenvalue weighted by Crippen LogP contribution is -2.36. The Bertz CT molecular complexity index is 859. The summed E-state index contributed by atoms with van der Waals surface area (Å²) in [6.45, 7) is 3.25. The first-order chi connectivity index (χ1) is 12.3. The Labute approximate surface area is 150 Å². The highest BCUT2D eigenvalue weighted by molar-refractivity contribution is 7.13. The molecule has 2 aromatic heterocycles. The van der Waals surface area contributed by atoms with Crippen molar-refractivity contribution in [2.24, 2.45) is 0 Å². The van der Waals surface area contributed by atoms with Crippen LogP contribution in [0.5, 0.6) is 5.75 Å². The molecule has 128 valence electrons. The number of ether oxygens (including phenoxy) is 2. The van der Waals surface area contributed by atoms with E-state index in [1.54, 1.807) is 18.4 Å². The summed E-state index contributed by atoms with van der Waals surface area (Å²) in [5.74, 6) is 1.82. The molecule has 0 radical (unpaired) electrons. The summed E-state index contributed by atoms with van der Waals surface area (Å²) in [7, 11) is 1.68. The van der Waals surface area contributed by atoms with Gasteiger partial charge in [-0.05, 0) is 24.3 Å². The molecule has 0 atom stereocenters. The number of aromatic nitrogens is 2. The number of hydrogen-bond acceptors (Lipinski definition) is 6. The van der Waals surface area contributed by atoms with Gasteiger partial charge in [-0.15, -0.1) is 11.3 Å². The summed E-state index contributed by atoms with van der Waals surface area (Å²) in [6, 6.07) is 12.1. The van der Waals surface area contributed by atoms with E-state index < -0.39 is 0 Å². The summed E-state index contributed by atoms with van der Waals surface area (Å²) in [6.07, 6.45) is 1.85. The Morgan fingerprint density at radius 1 is 1.16 bits per heavy atom. The molecule has 4 rings (SSSR count). The average molecular weight is 353 g/mol. The molecule has 3 heterocycles. The van der Waals surface area contributed by atoms with Crippen LogP contribution in [0.3, 0.4) is 0 Å². The first-order valence-electron chi connectivity index (χ1n) is 8.23. The third-order valence-electron chi connectivity index (χ3n) is 4.21. The molecule has 0 N–H and O–H groups in total. The van der Waals surface area contributed by atoms with Crippen molar-refractivity contribution < 1.29 is 9.47 Å². The van der Waals surface area contributed by atoms with Gasteiger partial charge in [0.1, 0.15) is 16.6 Å². The molecule has 0 amide bonds. The van der Waals surface area contributed by atoms with E-state index in [1.165, 1.54) is 0 Å². The van der Waals surface area contributed by atoms with E-state index in [4.69, 9.17) is 14.5 Å². The van der Waals surface area contributed by atoms with Crippen molar-refractivity contribution in [1.82, 2.24) is 9.97 Å². The predicted molar refractivity (Wildman–Crippen MR) is 100 cm³/mol. The van der Waals surface area contributed by atoms with Gasteiger partial charge in [-0.25, -0.2) is 9.97 Å². The number of benzene rings is 1. The fourth-order valence-corrected chi connectivity index (χ4v) is 3.72. The quantitative estimate of drug-likeness (QED) is 0.715. The molecule has 1 aromatic carbocycles. The smallest absolute Gasteiger partial charge is 0.129 e. The van der Waals surface area contributed by atoms with Gasteiger partial charge in [0, 0.05) is 35.8 Å². The van der Waals surface area contributed by atoms with Crippen LogP contribution in [0, 0.1) is 0 Å². The van der Waals surface area contributed by atoms with Gasteiger partial charge in [-0.3, -0.25) is 0 Å². The molecule has 1 aliphatic heterocycles. The highest BCUT2D eigenvalue weighted by Crippen LogP contribution is 2.34. The number of hydrogen-bond donors (Lipinski definition) is 0. The lowest BCUT2D eigenvalue weighted by atomic mass is 10.1. The summed E-state index contributed by atoms with van der Waals surface area (Å²) >= 11 is 1.63. The molecule has 0 saturated carbocycles. The van der Waals surface area contributed by atoms with E-state index in [1.807, 2.05) is 36.5 Å². The Hall–Kier alpha value is -2.44. The number of nitrogens with zero attached hydrogens (tertiary/aromatic N) is 3. The molecule has 1 aliphatic rings. The van der Waals surface area contributed by atoms with Gasteiger partial charge in [-0.2, -0.15) is 0 Å². The zero-order valence-corrected chi connectivity index (χ0v) is 14.8. The van der Waals surface area contributed by atoms with E-state index >= 15 is 0 Å². The van der Waals surface area contributed by atoms with Gasteiger partial charge < -0.3 is 14.4 Å². The van der Waals surface area contributed by atoms with Crippen LogP contribution >= 0.6 is 11.3 Å². The summed E-state index contributed by atoms with van der Waals surface area (Å²) < 4.78 is 10.9. The zero-order chi connectivity index (χ0) is 17.1. The molecule has 0 unspecified atom stereocenters. The molecular formula is C19H19N3O2S. The second-order valence-corrected chi connectivity index (χ2v) is 6.60. The molecule has 3 aromatic rings. The van der Waals surface area contributed by atoms with Crippen LogP contribution < -0.4 is 9.64 Å². The minimum atomic E-state index is 0.751. The highest BCUT2D eigenvalue weighted by Gasteiger charge is 2.15. The van der Waals surface area contributed by atoms with Gasteiger partial charge >= 0.3 is 0 Å². The topological polar surface area (TPSA) is 47.5 Å². The van der Waals surface area contributed by atoms with Crippen LogP contribution in [-0.2, 0) is 4.74 Å². The minimum Gasteiger partial charge on any atom is -0.496 e. The van der Waals surface area contributed by atoms with Crippen molar-refractivity contribution in [3.63, 3.8) is 0 Å². The molecule has 0 spiro atoms. The summed E-state index contributed by atoms with van der Waals surface area (Å²) in [5, 5.41) is 3.06. The van der Waals surface area contributed by atoms with Gasteiger partial charge in [0.05, 0.1) is 26.0 Å². The lowest BCUT2D eigenvalue weighted by Gasteiger charge is -2.27. The van der Waals surface area contributed by atoms with Crippen molar-refractivity contribution in [1.29, 1.82) is 0 Å². The number of pyridine rings is 1. The maximum Gasteiger partial charge on any atom is 0.129 e. The first-order valence-corrected chi connectivity index (χ1v) is 9.11. The monoisotopic (exact) mass is 353 g/mol. The largest absolute Gasteiger partial charge is 0.496 e. The standard InChI is InChI=1S/C19H19N3O2S/c1-23-17-5-3-2-4-15(17)16-13-25-19(21-16)14-6-7-20-18(12-14)22-8-10-24-11-9-22/h2-7,12-13H,8-11H2,1H3. The van der Waals surface area contributed by atoms with E-state index in [0.717, 1.165) is 59.7 Å². The Kier molecular flexibility index (Phi) is 4.63. The van der Waals surface area contributed by atoms with E-state index in [2.05, 4.69) is 21.3 Å². The summed E-state index contributed by atoms with van der Waals surface area (Å²) in [5.41, 5.74) is 3.03. The van der Waals surface area contributed by atoms with Crippen LogP contribution in [0.15, 0.2) is 48.0 Å². The fourth-order valence-electron chi connectivity index (χ4n) is 2.90. The van der Waals surface area contributed by atoms with Crippen molar-refractivity contribution in [3.05, 3.63) is 48.0 Å².